The maximum Gasteiger partial charge on any atom is 0.225 e. The molecule has 2 heterocycles. The molecule has 3 rings (SSSR count). The van der Waals surface area contributed by atoms with E-state index in [-0.39, 0.29) is 23.8 Å². The van der Waals surface area contributed by atoms with Crippen LogP contribution < -0.4 is 5.32 Å². The Balaban J connectivity index is 1.75. The van der Waals surface area contributed by atoms with Crippen LogP contribution in [-0.4, -0.2) is 48.5 Å². The number of nitrogens with zero attached hydrogens (tertiary/aromatic N) is 2. The third kappa shape index (κ3) is 5.41. The number of aromatic nitrogens is 1. The Morgan fingerprint density at radius 1 is 1.21 bits per heavy atom. The molecular weight excluding hydrogens is 366 g/mol. The van der Waals surface area contributed by atoms with Gasteiger partial charge in [0.25, 0.3) is 0 Å². The topological polar surface area (TPSA) is 71.5 Å². The first kappa shape index (κ1) is 21.0. The van der Waals surface area contributed by atoms with E-state index in [9.17, 15) is 9.59 Å². The molecule has 2 atom stereocenters. The lowest BCUT2D eigenvalue weighted by Crippen LogP contribution is -2.49. The first-order valence-corrected chi connectivity index (χ1v) is 10.1. The Bertz CT molecular complexity index is 808. The number of nitrogens with one attached hydrogen (secondary N) is 1. The van der Waals surface area contributed by atoms with Gasteiger partial charge in [-0.3, -0.25) is 14.6 Å². The van der Waals surface area contributed by atoms with Gasteiger partial charge in [0.1, 0.15) is 0 Å². The fraction of sp³-hybridized carbons (Fsp3) is 0.435. The lowest BCUT2D eigenvalue weighted by molar-refractivity contribution is -0.144. The third-order valence-electron chi connectivity index (χ3n) is 5.46. The number of methoxy groups -OCH3 is 1. The third-order valence-corrected chi connectivity index (χ3v) is 5.46. The first-order valence-electron chi connectivity index (χ1n) is 10.1. The Morgan fingerprint density at radius 3 is 2.62 bits per heavy atom. The van der Waals surface area contributed by atoms with Crippen LogP contribution in [0.1, 0.15) is 35.6 Å². The number of carbonyl (C=O) groups is 2. The summed E-state index contributed by atoms with van der Waals surface area (Å²) in [5, 5.41) is 3.07. The number of benzene rings is 1. The molecule has 2 unspecified atom stereocenters. The monoisotopic (exact) mass is 395 g/mol. The average molecular weight is 396 g/mol. The van der Waals surface area contributed by atoms with E-state index in [1.807, 2.05) is 48.2 Å². The molecule has 154 valence electrons. The van der Waals surface area contributed by atoms with Crippen LogP contribution in [0.25, 0.3) is 0 Å². The molecule has 29 heavy (non-hydrogen) atoms. The van der Waals surface area contributed by atoms with E-state index in [0.717, 1.165) is 23.1 Å². The summed E-state index contributed by atoms with van der Waals surface area (Å²) in [4.78, 5) is 31.5. The van der Waals surface area contributed by atoms with Gasteiger partial charge in [-0.2, -0.15) is 0 Å². The zero-order valence-corrected chi connectivity index (χ0v) is 17.1. The summed E-state index contributed by atoms with van der Waals surface area (Å²) in [5.74, 6) is -0.197. The van der Waals surface area contributed by atoms with Gasteiger partial charge in [0.15, 0.2) is 0 Å². The predicted molar refractivity (Wildman–Crippen MR) is 111 cm³/mol. The molecule has 1 N–H and O–H groups in total. The molecule has 1 aromatic heterocycles. The highest BCUT2D eigenvalue weighted by molar-refractivity contribution is 5.85. The summed E-state index contributed by atoms with van der Waals surface area (Å²) in [7, 11) is 1.62. The lowest BCUT2D eigenvalue weighted by Gasteiger charge is -2.40. The van der Waals surface area contributed by atoms with Crippen molar-refractivity contribution < 1.29 is 14.3 Å². The number of likely N-dealkylation sites (tertiary alicyclic amines) is 1. The molecule has 0 saturated carbocycles. The highest BCUT2D eigenvalue weighted by Crippen LogP contribution is 2.37. The maximum atomic E-state index is 13.1. The van der Waals surface area contributed by atoms with Crippen molar-refractivity contribution in [2.75, 3.05) is 26.8 Å². The first-order chi connectivity index (χ1) is 14.1. The summed E-state index contributed by atoms with van der Waals surface area (Å²) < 4.78 is 5.21. The number of amides is 2. The van der Waals surface area contributed by atoms with Crippen LogP contribution in [0.3, 0.4) is 0 Å². The van der Waals surface area contributed by atoms with E-state index >= 15 is 0 Å². The van der Waals surface area contributed by atoms with E-state index in [1.165, 1.54) is 0 Å². The second kappa shape index (κ2) is 10.2. The van der Waals surface area contributed by atoms with Crippen molar-refractivity contribution in [3.05, 3.63) is 65.5 Å². The quantitative estimate of drug-likeness (QED) is 0.746. The van der Waals surface area contributed by atoms with Crippen molar-refractivity contribution in [3.8, 4) is 0 Å². The second-order valence-corrected chi connectivity index (χ2v) is 7.48. The minimum absolute atomic E-state index is 0.000419. The minimum atomic E-state index is -0.273. The maximum absolute atomic E-state index is 13.1. The standard InChI is InChI=1S/C23H29N3O3/c1-17-3-5-19(6-4-17)22-20(7-8-21(27)26(22)15-16-29-2)23(28)25-14-11-18-9-12-24-13-10-18/h3-6,9-10,12-13,20,22H,7-8,11,14-16H2,1-2H3,(H,25,28). The van der Waals surface area contributed by atoms with Gasteiger partial charge in [-0.1, -0.05) is 29.8 Å². The van der Waals surface area contributed by atoms with Gasteiger partial charge in [-0.05, 0) is 43.0 Å². The van der Waals surface area contributed by atoms with Crippen LogP contribution in [0, 0.1) is 12.8 Å². The molecule has 1 aromatic carbocycles. The summed E-state index contributed by atoms with van der Waals surface area (Å²) >= 11 is 0. The van der Waals surface area contributed by atoms with Crippen molar-refractivity contribution in [1.29, 1.82) is 0 Å². The number of hydrogen-bond acceptors (Lipinski definition) is 4. The molecule has 1 aliphatic rings. The largest absolute Gasteiger partial charge is 0.383 e. The zero-order valence-electron chi connectivity index (χ0n) is 17.1. The Kier molecular flexibility index (Phi) is 7.36. The number of pyridine rings is 1. The van der Waals surface area contributed by atoms with Crippen LogP contribution in [0.15, 0.2) is 48.8 Å². The number of carbonyl (C=O) groups excluding carboxylic acids is 2. The van der Waals surface area contributed by atoms with Crippen LogP contribution in [-0.2, 0) is 20.7 Å². The summed E-state index contributed by atoms with van der Waals surface area (Å²) in [6.07, 6.45) is 5.20. The van der Waals surface area contributed by atoms with E-state index in [1.54, 1.807) is 19.5 Å². The fourth-order valence-electron chi connectivity index (χ4n) is 3.87. The lowest BCUT2D eigenvalue weighted by atomic mass is 9.83. The SMILES string of the molecule is COCCN1C(=O)CCC(C(=O)NCCc2ccncc2)C1c1ccc(C)cc1. The van der Waals surface area contributed by atoms with E-state index < -0.39 is 0 Å². The van der Waals surface area contributed by atoms with Crippen molar-refractivity contribution in [1.82, 2.24) is 15.2 Å². The predicted octanol–water partition coefficient (Wildman–Crippen LogP) is 2.68. The molecule has 2 aromatic rings. The molecule has 1 aliphatic heterocycles. The second-order valence-electron chi connectivity index (χ2n) is 7.48. The van der Waals surface area contributed by atoms with Gasteiger partial charge in [0.2, 0.25) is 11.8 Å². The zero-order chi connectivity index (χ0) is 20.6. The van der Waals surface area contributed by atoms with Gasteiger partial charge in [-0.25, -0.2) is 0 Å². The molecule has 6 nitrogen and oxygen atoms in total. The molecule has 0 radical (unpaired) electrons. The van der Waals surface area contributed by atoms with Gasteiger partial charge in [0.05, 0.1) is 18.6 Å². The Morgan fingerprint density at radius 2 is 1.93 bits per heavy atom. The number of ether oxygens (including phenoxy) is 1. The van der Waals surface area contributed by atoms with Crippen molar-refractivity contribution >= 4 is 11.8 Å². The van der Waals surface area contributed by atoms with Crippen LogP contribution in [0.4, 0.5) is 0 Å². The number of aryl methyl sites for hydroxylation is 1. The van der Waals surface area contributed by atoms with Crippen molar-refractivity contribution in [3.63, 3.8) is 0 Å². The van der Waals surface area contributed by atoms with Crippen LogP contribution in [0.5, 0.6) is 0 Å². The molecular formula is C23H29N3O3. The smallest absolute Gasteiger partial charge is 0.225 e. The van der Waals surface area contributed by atoms with E-state index in [2.05, 4.69) is 10.3 Å². The number of hydrogen-bond donors (Lipinski definition) is 1. The van der Waals surface area contributed by atoms with E-state index in [4.69, 9.17) is 4.74 Å². The molecule has 6 heteroatoms. The number of rotatable bonds is 8. The highest BCUT2D eigenvalue weighted by Gasteiger charge is 2.40. The fourth-order valence-corrected chi connectivity index (χ4v) is 3.87. The minimum Gasteiger partial charge on any atom is -0.383 e. The van der Waals surface area contributed by atoms with E-state index in [0.29, 0.717) is 32.5 Å². The van der Waals surface area contributed by atoms with Crippen LogP contribution in [0.2, 0.25) is 0 Å². The van der Waals surface area contributed by atoms with Gasteiger partial charge >= 0.3 is 0 Å². The van der Waals surface area contributed by atoms with Gasteiger partial charge in [0, 0.05) is 39.0 Å². The Hall–Kier alpha value is -2.73. The molecule has 1 fully saturated rings. The Labute approximate surface area is 172 Å². The van der Waals surface area contributed by atoms with Gasteiger partial charge in [-0.15, -0.1) is 0 Å². The van der Waals surface area contributed by atoms with Crippen molar-refractivity contribution in [2.45, 2.75) is 32.2 Å². The average Bonchev–Trinajstić information content (AvgIpc) is 2.74. The van der Waals surface area contributed by atoms with Gasteiger partial charge < -0.3 is 15.0 Å². The highest BCUT2D eigenvalue weighted by atomic mass is 16.5. The summed E-state index contributed by atoms with van der Waals surface area (Å²) in [6.45, 7) is 3.52. The molecule has 1 saturated heterocycles. The molecule has 0 bridgehead atoms. The number of piperidine rings is 1. The molecule has 0 spiro atoms. The summed E-state index contributed by atoms with van der Waals surface area (Å²) in [5.41, 5.74) is 3.28. The van der Waals surface area contributed by atoms with Crippen molar-refractivity contribution in [2.24, 2.45) is 5.92 Å². The molecule has 0 aliphatic carbocycles. The molecule has 2 amide bonds. The van der Waals surface area contributed by atoms with Crippen LogP contribution >= 0.6 is 0 Å². The summed E-state index contributed by atoms with van der Waals surface area (Å²) in [6, 6.07) is 11.7. The normalized spacial score (nSPS) is 19.2.